The van der Waals surface area contributed by atoms with Crippen LogP contribution in [0.1, 0.15) is 31.7 Å². The number of amides is 3. The van der Waals surface area contributed by atoms with Crippen molar-refractivity contribution in [2.75, 3.05) is 26.2 Å². The normalized spacial score (nSPS) is 26.0. The van der Waals surface area contributed by atoms with E-state index in [1.807, 2.05) is 9.58 Å². The quantitative estimate of drug-likeness (QED) is 0.846. The number of primary amides is 1. The summed E-state index contributed by atoms with van der Waals surface area (Å²) in [5, 5.41) is 4.18. The van der Waals surface area contributed by atoms with Crippen LogP contribution in [0.2, 0.25) is 0 Å². The largest absolute Gasteiger partial charge is 0.351 e. The Kier molecular flexibility index (Phi) is 4.26. The van der Waals surface area contributed by atoms with Crippen LogP contribution < -0.4 is 5.73 Å². The number of likely N-dealkylation sites (tertiary alicyclic amines) is 2. The summed E-state index contributed by atoms with van der Waals surface area (Å²) in [6.45, 7) is 2.53. The summed E-state index contributed by atoms with van der Waals surface area (Å²) < 4.78 is 1.83. The molecule has 2 atom stereocenters. The minimum Gasteiger partial charge on any atom is -0.351 e. The number of carbonyl (C=O) groups excluding carboxylic acids is 2. The van der Waals surface area contributed by atoms with E-state index in [0.717, 1.165) is 32.2 Å². The van der Waals surface area contributed by atoms with Crippen LogP contribution in [-0.2, 0) is 4.79 Å². The third kappa shape index (κ3) is 3.05. The average Bonchev–Trinajstić information content (AvgIpc) is 3.09. The Hall–Kier alpha value is -2.12. The molecule has 0 bridgehead atoms. The topological polar surface area (TPSA) is 97.3 Å². The molecule has 1 aromatic rings. The second-order valence-corrected chi connectivity index (χ2v) is 6.08. The first-order valence-electron chi connectivity index (χ1n) is 7.82. The highest BCUT2D eigenvalue weighted by atomic mass is 16.2. The molecule has 0 unspecified atom stereocenters. The first-order valence-corrected chi connectivity index (χ1v) is 7.82. The lowest BCUT2D eigenvalue weighted by atomic mass is 9.95. The second-order valence-electron chi connectivity index (χ2n) is 6.08. The predicted octanol–water partition coefficient (Wildman–Crippen LogP) is 0.232. The van der Waals surface area contributed by atoms with E-state index in [1.54, 1.807) is 11.2 Å². The SMILES string of the molecule is NC(=O)N1CCC[C@@H](C(=O)N2CCC[C@H](n3cncn3)C2)C1. The van der Waals surface area contributed by atoms with E-state index in [1.165, 1.54) is 6.33 Å². The molecule has 2 fully saturated rings. The molecule has 0 aliphatic carbocycles. The molecule has 2 N–H and O–H groups in total. The molecule has 8 heteroatoms. The first kappa shape index (κ1) is 14.8. The minimum absolute atomic E-state index is 0.129. The van der Waals surface area contributed by atoms with Crippen molar-refractivity contribution in [2.45, 2.75) is 31.7 Å². The summed E-state index contributed by atoms with van der Waals surface area (Å²) in [5.41, 5.74) is 5.34. The molecule has 1 aromatic heterocycles. The molecule has 3 rings (SSSR count). The fraction of sp³-hybridized carbons (Fsp3) is 0.714. The molecule has 2 saturated heterocycles. The van der Waals surface area contributed by atoms with Gasteiger partial charge in [-0.2, -0.15) is 5.10 Å². The van der Waals surface area contributed by atoms with Gasteiger partial charge < -0.3 is 15.5 Å². The number of hydrogen-bond donors (Lipinski definition) is 1. The van der Waals surface area contributed by atoms with E-state index < -0.39 is 6.03 Å². The Morgan fingerprint density at radius 3 is 2.59 bits per heavy atom. The zero-order valence-electron chi connectivity index (χ0n) is 12.6. The van der Waals surface area contributed by atoms with Crippen molar-refractivity contribution in [1.82, 2.24) is 24.6 Å². The summed E-state index contributed by atoms with van der Waals surface area (Å²) in [7, 11) is 0. The van der Waals surface area contributed by atoms with Gasteiger partial charge in [0, 0.05) is 26.2 Å². The van der Waals surface area contributed by atoms with Gasteiger partial charge in [0.1, 0.15) is 12.7 Å². The van der Waals surface area contributed by atoms with Crippen LogP contribution in [0, 0.1) is 5.92 Å². The summed E-state index contributed by atoms with van der Waals surface area (Å²) in [4.78, 5) is 31.5. The van der Waals surface area contributed by atoms with Crippen molar-refractivity contribution in [3.8, 4) is 0 Å². The summed E-state index contributed by atoms with van der Waals surface area (Å²) in [6, 6.07) is -0.243. The van der Waals surface area contributed by atoms with Crippen LogP contribution in [0.3, 0.4) is 0 Å². The van der Waals surface area contributed by atoms with Crippen LogP contribution in [0.5, 0.6) is 0 Å². The Bertz CT molecular complexity index is 531. The van der Waals surface area contributed by atoms with Crippen LogP contribution in [0.4, 0.5) is 4.79 Å². The summed E-state index contributed by atoms with van der Waals surface area (Å²) in [5.74, 6) is 0.00603. The van der Waals surface area contributed by atoms with E-state index in [0.29, 0.717) is 19.6 Å². The lowest BCUT2D eigenvalue weighted by Crippen LogP contribution is -2.50. The minimum atomic E-state index is -0.434. The van der Waals surface area contributed by atoms with Gasteiger partial charge in [-0.3, -0.25) is 4.79 Å². The monoisotopic (exact) mass is 306 g/mol. The molecule has 8 nitrogen and oxygen atoms in total. The molecule has 0 saturated carbocycles. The molecule has 0 aromatic carbocycles. The van der Waals surface area contributed by atoms with Gasteiger partial charge in [0.25, 0.3) is 0 Å². The number of nitrogens with two attached hydrogens (primary N) is 1. The second kappa shape index (κ2) is 6.33. The molecule has 2 aliphatic heterocycles. The van der Waals surface area contributed by atoms with Crippen molar-refractivity contribution in [2.24, 2.45) is 11.7 Å². The highest BCUT2D eigenvalue weighted by molar-refractivity contribution is 5.80. The zero-order chi connectivity index (χ0) is 15.5. The Morgan fingerprint density at radius 2 is 1.86 bits per heavy atom. The van der Waals surface area contributed by atoms with Crippen molar-refractivity contribution < 1.29 is 9.59 Å². The molecule has 3 amide bonds. The van der Waals surface area contributed by atoms with Gasteiger partial charge in [0.15, 0.2) is 0 Å². The predicted molar refractivity (Wildman–Crippen MR) is 78.8 cm³/mol. The number of urea groups is 1. The van der Waals surface area contributed by atoms with Crippen molar-refractivity contribution in [1.29, 1.82) is 0 Å². The van der Waals surface area contributed by atoms with Crippen molar-refractivity contribution in [3.63, 3.8) is 0 Å². The third-order valence-electron chi connectivity index (χ3n) is 4.60. The molecular weight excluding hydrogens is 284 g/mol. The van der Waals surface area contributed by atoms with Crippen molar-refractivity contribution >= 4 is 11.9 Å². The maximum absolute atomic E-state index is 12.7. The first-order chi connectivity index (χ1) is 10.6. The Morgan fingerprint density at radius 1 is 1.09 bits per heavy atom. The van der Waals surface area contributed by atoms with Crippen LogP contribution in [0.25, 0.3) is 0 Å². The molecular formula is C14H22N6O2. The number of nitrogens with zero attached hydrogens (tertiary/aromatic N) is 5. The smallest absolute Gasteiger partial charge is 0.314 e. The molecule has 0 spiro atoms. The summed E-state index contributed by atoms with van der Waals surface area (Å²) in [6.07, 6.45) is 6.85. The number of aromatic nitrogens is 3. The van der Waals surface area contributed by atoms with E-state index in [4.69, 9.17) is 5.73 Å². The van der Waals surface area contributed by atoms with Crippen molar-refractivity contribution in [3.05, 3.63) is 12.7 Å². The molecule has 22 heavy (non-hydrogen) atoms. The maximum Gasteiger partial charge on any atom is 0.314 e. The van der Waals surface area contributed by atoms with Gasteiger partial charge in [-0.25, -0.2) is 14.5 Å². The van der Waals surface area contributed by atoms with E-state index in [9.17, 15) is 9.59 Å². The number of hydrogen-bond acceptors (Lipinski definition) is 4. The number of piperidine rings is 2. The zero-order valence-corrected chi connectivity index (χ0v) is 12.6. The third-order valence-corrected chi connectivity index (χ3v) is 4.60. The average molecular weight is 306 g/mol. The van der Waals surface area contributed by atoms with Crippen LogP contribution in [0.15, 0.2) is 12.7 Å². The maximum atomic E-state index is 12.7. The van der Waals surface area contributed by atoms with E-state index in [2.05, 4.69) is 10.1 Å². The lowest BCUT2D eigenvalue weighted by molar-refractivity contribution is -0.138. The van der Waals surface area contributed by atoms with Gasteiger partial charge in [0.05, 0.1) is 12.0 Å². The molecule has 2 aliphatic rings. The number of rotatable bonds is 2. The van der Waals surface area contributed by atoms with Crippen LogP contribution >= 0.6 is 0 Å². The van der Waals surface area contributed by atoms with Gasteiger partial charge in [-0.1, -0.05) is 0 Å². The highest BCUT2D eigenvalue weighted by Crippen LogP contribution is 2.24. The Balaban J connectivity index is 1.63. The van der Waals surface area contributed by atoms with Gasteiger partial charge in [-0.15, -0.1) is 0 Å². The number of carbonyl (C=O) groups is 2. The Labute approximate surface area is 129 Å². The highest BCUT2D eigenvalue weighted by Gasteiger charge is 2.33. The van der Waals surface area contributed by atoms with Gasteiger partial charge in [0.2, 0.25) is 5.91 Å². The lowest BCUT2D eigenvalue weighted by Gasteiger charge is -2.37. The van der Waals surface area contributed by atoms with Gasteiger partial charge in [-0.05, 0) is 25.7 Å². The van der Waals surface area contributed by atoms with Gasteiger partial charge >= 0.3 is 6.03 Å². The fourth-order valence-corrected chi connectivity index (χ4v) is 3.41. The van der Waals surface area contributed by atoms with E-state index in [-0.39, 0.29) is 17.9 Å². The fourth-order valence-electron chi connectivity index (χ4n) is 3.41. The van der Waals surface area contributed by atoms with E-state index >= 15 is 0 Å². The molecule has 0 radical (unpaired) electrons. The molecule has 120 valence electrons. The van der Waals surface area contributed by atoms with Crippen LogP contribution in [-0.4, -0.2) is 62.7 Å². The summed E-state index contributed by atoms with van der Waals surface area (Å²) >= 11 is 0. The standard InChI is InChI=1S/C14H22N6O2/c15-14(22)19-6-1-3-11(7-19)13(21)18-5-2-4-12(8-18)20-10-16-9-17-20/h9-12H,1-8H2,(H2,15,22)/t11-,12+/m1/s1. The molecule has 3 heterocycles.